The Kier molecular flexibility index (Phi) is 5.86. The maximum absolute atomic E-state index is 10.5. The van der Waals surface area contributed by atoms with Crippen molar-refractivity contribution in [3.8, 4) is 0 Å². The second-order valence-corrected chi connectivity index (χ2v) is 3.38. The summed E-state index contributed by atoms with van der Waals surface area (Å²) in [4.78, 5) is 21.0. The molecule has 94 valence electrons. The van der Waals surface area contributed by atoms with Gasteiger partial charge in [0.25, 0.3) is 0 Å². The van der Waals surface area contributed by atoms with Gasteiger partial charge in [-0.2, -0.15) is 0 Å². The molecule has 0 radical (unpaired) electrons. The molecule has 0 bridgehead atoms. The minimum Gasteiger partial charge on any atom is -0.478 e. The monoisotopic (exact) mass is 246 g/mol. The van der Waals surface area contributed by atoms with Crippen molar-refractivity contribution in [2.24, 2.45) is 0 Å². The molecule has 4 nitrogen and oxygen atoms in total. The normalized spacial score (nSPS) is 10.4. The Morgan fingerprint density at radius 2 is 0.833 bits per heavy atom. The predicted molar refractivity (Wildman–Crippen MR) is 70.1 cm³/mol. The molecule has 0 spiro atoms. The molecule has 0 aliphatic rings. The number of hydrogen-bond acceptors (Lipinski definition) is 2. The van der Waals surface area contributed by atoms with Crippen molar-refractivity contribution in [1.82, 2.24) is 0 Å². The van der Waals surface area contributed by atoms with E-state index in [0.717, 1.165) is 0 Å². The minimum atomic E-state index is -1.13. The Morgan fingerprint density at radius 3 is 1.06 bits per heavy atom. The van der Waals surface area contributed by atoms with Gasteiger partial charge in [-0.1, -0.05) is 38.5 Å². The summed E-state index contributed by atoms with van der Waals surface area (Å²) in [7, 11) is 0. The van der Waals surface area contributed by atoms with Gasteiger partial charge in [-0.05, 0) is 23.3 Å². The van der Waals surface area contributed by atoms with Crippen LogP contribution in [0.5, 0.6) is 0 Å². The van der Waals surface area contributed by atoms with Gasteiger partial charge in [0.05, 0.1) is 11.1 Å². The number of rotatable bonds is 7. The van der Waals surface area contributed by atoms with Crippen LogP contribution in [0, 0.1) is 0 Å². The van der Waals surface area contributed by atoms with Gasteiger partial charge in [0, 0.05) is 0 Å². The molecule has 18 heavy (non-hydrogen) atoms. The van der Waals surface area contributed by atoms with Crippen LogP contribution in [0.15, 0.2) is 72.9 Å². The Labute approximate surface area is 105 Å². The number of hydrogen-bond donors (Lipinski definition) is 2. The number of carbonyl (C=O) groups is 2. The lowest BCUT2D eigenvalue weighted by Crippen LogP contribution is -1.96. The first-order valence-corrected chi connectivity index (χ1v) is 4.84. The molecule has 0 atom stereocenters. The number of carboxylic acid groups (broad SMARTS) is 2. The number of aliphatic carboxylic acids is 2. The Morgan fingerprint density at radius 1 is 0.611 bits per heavy atom. The van der Waals surface area contributed by atoms with Crippen molar-refractivity contribution in [3.63, 3.8) is 0 Å². The van der Waals surface area contributed by atoms with Crippen molar-refractivity contribution in [3.05, 3.63) is 72.9 Å². The fourth-order valence-electron chi connectivity index (χ4n) is 0.759. The van der Waals surface area contributed by atoms with E-state index in [4.69, 9.17) is 10.2 Å². The zero-order valence-electron chi connectivity index (χ0n) is 9.85. The predicted octanol–water partition coefficient (Wildman–Crippen LogP) is 2.49. The van der Waals surface area contributed by atoms with Crippen molar-refractivity contribution < 1.29 is 19.8 Å². The fraction of sp³-hybridized carbons (Fsp3) is 0. The molecule has 2 N–H and O–H groups in total. The number of allylic oxidation sites excluding steroid dienone is 4. The third kappa shape index (κ3) is 5.46. The van der Waals surface area contributed by atoms with Gasteiger partial charge in [0.1, 0.15) is 0 Å². The van der Waals surface area contributed by atoms with Gasteiger partial charge in [-0.25, -0.2) is 9.59 Å². The highest BCUT2D eigenvalue weighted by molar-refractivity contribution is 5.89. The molecular weight excluding hydrogens is 232 g/mol. The molecule has 0 unspecified atom stereocenters. The second-order valence-electron chi connectivity index (χ2n) is 3.38. The highest BCUT2D eigenvalue weighted by atomic mass is 16.4. The van der Waals surface area contributed by atoms with E-state index in [-0.39, 0.29) is 11.1 Å². The Balaban J connectivity index is 4.59. The second kappa shape index (κ2) is 6.85. The maximum atomic E-state index is 10.5. The molecule has 0 aliphatic carbocycles. The van der Waals surface area contributed by atoms with Crippen LogP contribution >= 0.6 is 0 Å². The molecule has 4 heteroatoms. The van der Waals surface area contributed by atoms with Crippen LogP contribution in [-0.2, 0) is 9.59 Å². The highest BCUT2D eigenvalue weighted by Crippen LogP contribution is 2.11. The fourth-order valence-corrected chi connectivity index (χ4v) is 0.759. The lowest BCUT2D eigenvalue weighted by molar-refractivity contribution is -0.133. The van der Waals surface area contributed by atoms with E-state index in [1.807, 2.05) is 0 Å². The Hall–Kier alpha value is -2.62. The van der Waals surface area contributed by atoms with Gasteiger partial charge < -0.3 is 10.2 Å². The van der Waals surface area contributed by atoms with E-state index in [1.165, 1.54) is 24.3 Å². The molecule has 0 heterocycles. The van der Waals surface area contributed by atoms with Gasteiger partial charge in [0.15, 0.2) is 0 Å². The first-order valence-electron chi connectivity index (χ1n) is 4.84. The molecule has 0 amide bonds. The third-order valence-electron chi connectivity index (χ3n) is 1.93. The topological polar surface area (TPSA) is 74.6 Å². The quantitative estimate of drug-likeness (QED) is 0.534. The summed E-state index contributed by atoms with van der Waals surface area (Å²) in [6, 6.07) is 0. The summed E-state index contributed by atoms with van der Waals surface area (Å²) in [5, 5.41) is 17.2. The van der Waals surface area contributed by atoms with E-state index in [2.05, 4.69) is 26.3 Å². The van der Waals surface area contributed by atoms with Crippen LogP contribution in [0.4, 0.5) is 0 Å². The van der Waals surface area contributed by atoms with Crippen LogP contribution in [0.1, 0.15) is 0 Å². The molecule has 0 fully saturated rings. The molecule has 0 saturated heterocycles. The van der Waals surface area contributed by atoms with Gasteiger partial charge in [-0.15, -0.1) is 0 Å². The average Bonchev–Trinajstić information content (AvgIpc) is 2.31. The molecule has 0 aromatic carbocycles. The largest absolute Gasteiger partial charge is 0.478 e. The zero-order chi connectivity index (χ0) is 14.3. The summed E-state index contributed by atoms with van der Waals surface area (Å²) >= 11 is 0. The van der Waals surface area contributed by atoms with Gasteiger partial charge in [0.2, 0.25) is 0 Å². The van der Waals surface area contributed by atoms with Crippen LogP contribution in [-0.4, -0.2) is 22.2 Å². The smallest absolute Gasteiger partial charge is 0.335 e. The van der Waals surface area contributed by atoms with E-state index >= 15 is 0 Å². The van der Waals surface area contributed by atoms with E-state index in [1.54, 1.807) is 0 Å². The summed E-state index contributed by atoms with van der Waals surface area (Å²) in [5.74, 6) is -2.25. The maximum Gasteiger partial charge on any atom is 0.335 e. The van der Waals surface area contributed by atoms with E-state index in [9.17, 15) is 9.59 Å². The van der Waals surface area contributed by atoms with Crippen LogP contribution in [0.25, 0.3) is 0 Å². The standard InChI is InChI=1S/C14H14O4/c1-9(5-7-11(3)13(15)16)10(2)6-8-12(4)14(17)18/h5-8H,1-4H2,(H,15,16)(H,17,18)/b7-5-,8-6-. The van der Waals surface area contributed by atoms with Gasteiger partial charge in [-0.3, -0.25) is 0 Å². The first-order chi connectivity index (χ1) is 8.25. The van der Waals surface area contributed by atoms with Crippen molar-refractivity contribution in [2.45, 2.75) is 0 Å². The van der Waals surface area contributed by atoms with E-state index in [0.29, 0.717) is 11.1 Å². The van der Waals surface area contributed by atoms with Gasteiger partial charge >= 0.3 is 11.9 Å². The lowest BCUT2D eigenvalue weighted by atomic mass is 10.1. The van der Waals surface area contributed by atoms with Crippen LogP contribution < -0.4 is 0 Å². The molecule has 0 aliphatic heterocycles. The minimum absolute atomic E-state index is 0.0807. The molecule has 0 saturated carbocycles. The van der Waals surface area contributed by atoms with Crippen molar-refractivity contribution in [2.75, 3.05) is 0 Å². The van der Waals surface area contributed by atoms with Crippen LogP contribution in [0.3, 0.4) is 0 Å². The SMILES string of the molecule is C=C(/C=C\C(=C)C(=O)O)C(=C)/C=C\C(=C)C(=O)O. The molecule has 0 aromatic heterocycles. The third-order valence-corrected chi connectivity index (χ3v) is 1.93. The summed E-state index contributed by atoms with van der Waals surface area (Å²) in [6.07, 6.45) is 5.45. The average molecular weight is 246 g/mol. The Bertz CT molecular complexity index is 444. The first kappa shape index (κ1) is 15.4. The van der Waals surface area contributed by atoms with Crippen molar-refractivity contribution in [1.29, 1.82) is 0 Å². The molecular formula is C14H14O4. The van der Waals surface area contributed by atoms with Crippen molar-refractivity contribution >= 4 is 11.9 Å². The summed E-state index contributed by atoms with van der Waals surface area (Å²) in [5.41, 5.74) is 0.740. The molecule has 0 rings (SSSR count). The van der Waals surface area contributed by atoms with E-state index < -0.39 is 11.9 Å². The van der Waals surface area contributed by atoms with Crippen LogP contribution in [0.2, 0.25) is 0 Å². The zero-order valence-corrected chi connectivity index (χ0v) is 9.85. The summed E-state index contributed by atoms with van der Waals surface area (Å²) < 4.78 is 0. The lowest BCUT2D eigenvalue weighted by Gasteiger charge is -1.99. The number of carboxylic acids is 2. The summed E-state index contributed by atoms with van der Waals surface area (Å²) in [6.45, 7) is 14.0. The molecule has 0 aromatic rings. The highest BCUT2D eigenvalue weighted by Gasteiger charge is 2.00.